The normalized spacial score (nSPS) is 11.9. The molecule has 20 heavy (non-hydrogen) atoms. The number of nitrogens with one attached hydrogen (secondary N) is 1. The fraction of sp³-hybridized carbons (Fsp3) is 0.333. The molecule has 0 aliphatic rings. The average molecular weight is 289 g/mol. The number of carbonyl (C=O) groups is 1. The van der Waals surface area contributed by atoms with Crippen LogP contribution in [0.25, 0.3) is 0 Å². The highest BCUT2D eigenvalue weighted by molar-refractivity contribution is 7.10. The van der Waals surface area contributed by atoms with Gasteiger partial charge in [0.2, 0.25) is 0 Å². The summed E-state index contributed by atoms with van der Waals surface area (Å²) >= 11 is 1.66. The molecule has 0 spiro atoms. The quantitative estimate of drug-likeness (QED) is 0.917. The van der Waals surface area contributed by atoms with Crippen LogP contribution in [0.15, 0.2) is 35.8 Å². The topological polar surface area (TPSA) is 45.2 Å². The van der Waals surface area contributed by atoms with Crippen molar-refractivity contribution in [1.29, 1.82) is 0 Å². The van der Waals surface area contributed by atoms with Crippen LogP contribution in [0.4, 0.5) is 5.82 Å². The van der Waals surface area contributed by atoms with Crippen LogP contribution < -0.4 is 5.32 Å². The molecule has 1 unspecified atom stereocenters. The average Bonchev–Trinajstić information content (AvgIpc) is 3.00. The molecule has 0 bridgehead atoms. The maximum Gasteiger partial charge on any atom is 0.255 e. The van der Waals surface area contributed by atoms with Crippen LogP contribution in [-0.4, -0.2) is 29.4 Å². The number of amides is 1. The zero-order chi connectivity index (χ0) is 14.5. The molecule has 2 heterocycles. The van der Waals surface area contributed by atoms with Gasteiger partial charge in [-0.05, 0) is 37.4 Å². The monoisotopic (exact) mass is 289 g/mol. The largest absolute Gasteiger partial charge is 0.370 e. The molecule has 5 heteroatoms. The molecule has 2 aromatic rings. The first-order valence-electron chi connectivity index (χ1n) is 6.64. The van der Waals surface area contributed by atoms with Gasteiger partial charge < -0.3 is 10.2 Å². The number of rotatable bonds is 5. The molecular formula is C15H19N3OS. The molecule has 2 aromatic heterocycles. The second-order valence-corrected chi connectivity index (χ2v) is 5.55. The number of hydrogen-bond acceptors (Lipinski definition) is 4. The van der Waals surface area contributed by atoms with Crippen molar-refractivity contribution in [3.8, 4) is 0 Å². The van der Waals surface area contributed by atoms with Crippen LogP contribution in [0.2, 0.25) is 0 Å². The summed E-state index contributed by atoms with van der Waals surface area (Å²) < 4.78 is 0. The third-order valence-electron chi connectivity index (χ3n) is 3.22. The van der Waals surface area contributed by atoms with Crippen LogP contribution in [0.1, 0.15) is 35.1 Å². The molecule has 0 saturated carbocycles. The Morgan fingerprint density at radius 3 is 2.80 bits per heavy atom. The Balaban J connectivity index is 2.10. The Morgan fingerprint density at radius 1 is 1.45 bits per heavy atom. The summed E-state index contributed by atoms with van der Waals surface area (Å²) in [5.41, 5.74) is 0.609. The van der Waals surface area contributed by atoms with Crippen molar-refractivity contribution < 1.29 is 4.79 Å². The van der Waals surface area contributed by atoms with E-state index in [1.165, 1.54) is 4.88 Å². The van der Waals surface area contributed by atoms with E-state index in [4.69, 9.17) is 0 Å². The minimum absolute atomic E-state index is 0.0125. The lowest BCUT2D eigenvalue weighted by molar-refractivity contribution is 0.0744. The second-order valence-electron chi connectivity index (χ2n) is 4.57. The molecule has 0 aliphatic carbocycles. The maximum absolute atomic E-state index is 12.4. The lowest BCUT2D eigenvalue weighted by Crippen LogP contribution is -2.29. The van der Waals surface area contributed by atoms with Crippen LogP contribution in [0.3, 0.4) is 0 Å². The van der Waals surface area contributed by atoms with Gasteiger partial charge in [0.15, 0.2) is 0 Å². The van der Waals surface area contributed by atoms with Gasteiger partial charge in [0.05, 0.1) is 11.6 Å². The predicted molar refractivity (Wildman–Crippen MR) is 83.2 cm³/mol. The van der Waals surface area contributed by atoms with E-state index >= 15 is 0 Å². The Hall–Kier alpha value is -1.88. The SMILES string of the molecule is CCNc1ccc(C(=O)N(C)C(C)c2cccs2)cn1. The first-order valence-corrected chi connectivity index (χ1v) is 7.52. The first kappa shape index (κ1) is 14.5. The van der Waals surface area contributed by atoms with Crippen molar-refractivity contribution in [1.82, 2.24) is 9.88 Å². The Morgan fingerprint density at radius 2 is 2.25 bits per heavy atom. The molecule has 1 atom stereocenters. The summed E-state index contributed by atoms with van der Waals surface area (Å²) in [5, 5.41) is 5.14. The van der Waals surface area contributed by atoms with Crippen molar-refractivity contribution in [2.75, 3.05) is 18.9 Å². The molecule has 0 radical (unpaired) electrons. The van der Waals surface area contributed by atoms with Crippen LogP contribution in [0, 0.1) is 0 Å². The number of aromatic nitrogens is 1. The van der Waals surface area contributed by atoms with E-state index in [1.807, 2.05) is 50.5 Å². The Labute approximate surface area is 123 Å². The van der Waals surface area contributed by atoms with Crippen LogP contribution in [0.5, 0.6) is 0 Å². The fourth-order valence-electron chi connectivity index (χ4n) is 1.91. The zero-order valence-corrected chi connectivity index (χ0v) is 12.8. The molecule has 0 saturated heterocycles. The van der Waals surface area contributed by atoms with Gasteiger partial charge in [-0.25, -0.2) is 4.98 Å². The van der Waals surface area contributed by atoms with E-state index in [-0.39, 0.29) is 11.9 Å². The third-order valence-corrected chi connectivity index (χ3v) is 4.27. The second kappa shape index (κ2) is 6.52. The molecule has 0 aromatic carbocycles. The van der Waals surface area contributed by atoms with Gasteiger partial charge in [0.25, 0.3) is 5.91 Å². The van der Waals surface area contributed by atoms with Gasteiger partial charge in [-0.3, -0.25) is 4.79 Å². The van der Waals surface area contributed by atoms with Crippen LogP contribution in [-0.2, 0) is 0 Å². The van der Waals surface area contributed by atoms with Crippen molar-refractivity contribution in [2.24, 2.45) is 0 Å². The molecule has 2 rings (SSSR count). The molecule has 1 amide bonds. The third kappa shape index (κ3) is 3.17. The summed E-state index contributed by atoms with van der Waals surface area (Å²) in [5.74, 6) is 0.777. The molecule has 0 aliphatic heterocycles. The molecule has 0 fully saturated rings. The van der Waals surface area contributed by atoms with Crippen LogP contribution >= 0.6 is 11.3 Å². The Bertz CT molecular complexity index is 551. The van der Waals surface area contributed by atoms with Gasteiger partial charge in [0, 0.05) is 24.7 Å². The molecule has 4 nitrogen and oxygen atoms in total. The highest BCUT2D eigenvalue weighted by Crippen LogP contribution is 2.24. The number of hydrogen-bond donors (Lipinski definition) is 1. The van der Waals surface area contributed by atoms with Gasteiger partial charge in [-0.1, -0.05) is 6.07 Å². The van der Waals surface area contributed by atoms with Gasteiger partial charge in [-0.15, -0.1) is 11.3 Å². The zero-order valence-electron chi connectivity index (χ0n) is 12.0. The van der Waals surface area contributed by atoms with Gasteiger partial charge >= 0.3 is 0 Å². The fourth-order valence-corrected chi connectivity index (χ4v) is 2.73. The lowest BCUT2D eigenvalue weighted by Gasteiger charge is -2.24. The van der Waals surface area contributed by atoms with Crippen molar-refractivity contribution in [3.05, 3.63) is 46.3 Å². The maximum atomic E-state index is 12.4. The van der Waals surface area contributed by atoms with Crippen molar-refractivity contribution in [3.63, 3.8) is 0 Å². The van der Waals surface area contributed by atoms with Gasteiger partial charge in [0.1, 0.15) is 5.82 Å². The number of anilines is 1. The summed E-state index contributed by atoms with van der Waals surface area (Å²) in [4.78, 5) is 19.6. The number of nitrogens with zero attached hydrogens (tertiary/aromatic N) is 2. The van der Waals surface area contributed by atoms with E-state index in [2.05, 4.69) is 10.3 Å². The molecule has 1 N–H and O–H groups in total. The summed E-state index contributed by atoms with van der Waals surface area (Å²) in [6, 6.07) is 7.76. The van der Waals surface area contributed by atoms with E-state index in [9.17, 15) is 4.79 Å². The van der Waals surface area contributed by atoms with Gasteiger partial charge in [-0.2, -0.15) is 0 Å². The highest BCUT2D eigenvalue weighted by atomic mass is 32.1. The summed E-state index contributed by atoms with van der Waals surface area (Å²) in [6.45, 7) is 4.86. The minimum Gasteiger partial charge on any atom is -0.370 e. The van der Waals surface area contributed by atoms with E-state index in [0.717, 1.165) is 12.4 Å². The molecule has 106 valence electrons. The first-order chi connectivity index (χ1) is 9.63. The minimum atomic E-state index is -0.0125. The standard InChI is InChI=1S/C15H19N3OS/c1-4-16-14-8-7-12(10-17-14)15(19)18(3)11(2)13-6-5-9-20-13/h5-11H,4H2,1-3H3,(H,16,17). The highest BCUT2D eigenvalue weighted by Gasteiger charge is 2.19. The van der Waals surface area contributed by atoms with Crippen molar-refractivity contribution >= 4 is 23.1 Å². The van der Waals surface area contributed by atoms with E-state index in [1.54, 1.807) is 22.4 Å². The smallest absolute Gasteiger partial charge is 0.255 e. The lowest BCUT2D eigenvalue weighted by atomic mass is 10.2. The predicted octanol–water partition coefficient (Wildman–Crippen LogP) is 3.41. The number of pyridine rings is 1. The van der Waals surface area contributed by atoms with E-state index < -0.39 is 0 Å². The number of thiophene rings is 1. The van der Waals surface area contributed by atoms with E-state index in [0.29, 0.717) is 5.56 Å². The molecular weight excluding hydrogens is 270 g/mol. The van der Waals surface area contributed by atoms with Crippen molar-refractivity contribution in [2.45, 2.75) is 19.9 Å². The summed E-state index contributed by atoms with van der Waals surface area (Å²) in [6.07, 6.45) is 1.62. The summed E-state index contributed by atoms with van der Waals surface area (Å²) in [7, 11) is 1.82. The Kier molecular flexibility index (Phi) is 4.74. The number of carbonyl (C=O) groups excluding carboxylic acids is 1.